The molecule has 0 unspecified atom stereocenters. The molecule has 0 fully saturated rings. The van der Waals surface area contributed by atoms with Crippen molar-refractivity contribution in [3.8, 4) is 12.1 Å². The second-order valence-electron chi connectivity index (χ2n) is 5.95. The molecule has 0 atom stereocenters. The van der Waals surface area contributed by atoms with Gasteiger partial charge in [0.25, 0.3) is 11.8 Å². The van der Waals surface area contributed by atoms with Gasteiger partial charge in [-0.25, -0.2) is 0 Å². The summed E-state index contributed by atoms with van der Waals surface area (Å²) in [7, 11) is 0. The highest BCUT2D eigenvalue weighted by Crippen LogP contribution is 2.13. The number of benzene rings is 2. The number of nitrogens with zero attached hydrogens (tertiary/aromatic N) is 2. The van der Waals surface area contributed by atoms with Crippen LogP contribution in [0.1, 0.15) is 11.1 Å². The predicted molar refractivity (Wildman–Crippen MR) is 116 cm³/mol. The molecule has 0 spiro atoms. The van der Waals surface area contributed by atoms with Gasteiger partial charge in [-0.05, 0) is 47.5 Å². The number of nitriles is 2. The lowest BCUT2D eigenvalue weighted by molar-refractivity contribution is -0.118. The lowest BCUT2D eigenvalue weighted by Crippen LogP contribution is -2.35. The van der Waals surface area contributed by atoms with Gasteiger partial charge in [0, 0.05) is 23.1 Å². The van der Waals surface area contributed by atoms with Crippen LogP contribution in [0.5, 0.6) is 0 Å². The molecule has 30 heavy (non-hydrogen) atoms. The molecule has 8 heteroatoms. The van der Waals surface area contributed by atoms with Crippen LogP contribution in [0.3, 0.4) is 0 Å². The molecule has 2 N–H and O–H groups in total. The van der Waals surface area contributed by atoms with Gasteiger partial charge in [0.05, 0.1) is 0 Å². The monoisotopic (exact) mass is 438 g/mol. The zero-order chi connectivity index (χ0) is 21.9. The van der Waals surface area contributed by atoms with Crippen molar-refractivity contribution in [2.45, 2.75) is 0 Å². The lowest BCUT2D eigenvalue weighted by Gasteiger charge is -2.06. The molecule has 0 aliphatic rings. The van der Waals surface area contributed by atoms with Crippen molar-refractivity contribution >= 4 is 47.2 Å². The van der Waals surface area contributed by atoms with Gasteiger partial charge >= 0.3 is 0 Å². The summed E-state index contributed by atoms with van der Waals surface area (Å²) in [6.07, 6.45) is 2.87. The minimum Gasteiger partial charge on any atom is -0.350 e. The zero-order valence-electron chi connectivity index (χ0n) is 15.7. The fourth-order valence-corrected chi connectivity index (χ4v) is 2.54. The number of carbonyl (C=O) groups is 2. The SMILES string of the molecule is N#C/C(=C\c1ccc(Cl)cc1)C(=O)NCCNC(=O)/C(C#N)=C/c1ccc(Cl)cc1. The standard InChI is InChI=1S/C22H16Cl2N4O2/c23-19-5-1-15(2-6-19)11-17(13-25)21(29)27-9-10-28-22(30)18(14-26)12-16-3-7-20(24)8-4-16/h1-8,11-12H,9-10H2,(H,27,29)(H,28,30)/b17-11+,18-12+. The van der Waals surface area contributed by atoms with Crippen molar-refractivity contribution in [2.24, 2.45) is 0 Å². The average molecular weight is 439 g/mol. The van der Waals surface area contributed by atoms with Crippen LogP contribution in [0.25, 0.3) is 12.2 Å². The van der Waals surface area contributed by atoms with Crippen LogP contribution in [-0.2, 0) is 9.59 Å². The van der Waals surface area contributed by atoms with Gasteiger partial charge in [0.2, 0.25) is 0 Å². The molecule has 0 aromatic heterocycles. The van der Waals surface area contributed by atoms with Gasteiger partial charge < -0.3 is 10.6 Å². The Morgan fingerprint density at radius 1 is 0.733 bits per heavy atom. The van der Waals surface area contributed by atoms with Crippen LogP contribution >= 0.6 is 23.2 Å². The van der Waals surface area contributed by atoms with E-state index in [0.29, 0.717) is 21.2 Å². The van der Waals surface area contributed by atoms with E-state index in [0.717, 1.165) is 0 Å². The molecule has 6 nitrogen and oxygen atoms in total. The number of amides is 2. The summed E-state index contributed by atoms with van der Waals surface area (Å²) in [6.45, 7) is 0.174. The molecule has 0 aliphatic heterocycles. The van der Waals surface area contributed by atoms with Crippen molar-refractivity contribution in [1.29, 1.82) is 10.5 Å². The first-order valence-electron chi connectivity index (χ1n) is 8.74. The van der Waals surface area contributed by atoms with E-state index in [2.05, 4.69) is 10.6 Å². The molecule has 2 rings (SSSR count). The summed E-state index contributed by atoms with van der Waals surface area (Å²) < 4.78 is 0. The number of rotatable bonds is 7. The van der Waals surface area contributed by atoms with Gasteiger partial charge in [-0.3, -0.25) is 9.59 Å². The summed E-state index contributed by atoms with van der Waals surface area (Å²) in [5, 5.41) is 24.6. The molecule has 0 radical (unpaired) electrons. The fourth-order valence-electron chi connectivity index (χ4n) is 2.29. The predicted octanol–water partition coefficient (Wildman–Crippen LogP) is 3.74. The van der Waals surface area contributed by atoms with E-state index in [1.807, 2.05) is 12.1 Å². The Bertz CT molecular complexity index is 973. The van der Waals surface area contributed by atoms with Gasteiger partial charge in [-0.2, -0.15) is 10.5 Å². The first-order valence-corrected chi connectivity index (χ1v) is 9.49. The largest absolute Gasteiger partial charge is 0.350 e. The Hall–Kier alpha value is -3.58. The third-order valence-corrected chi connectivity index (χ3v) is 4.29. The summed E-state index contributed by atoms with van der Waals surface area (Å²) in [6, 6.07) is 17.0. The van der Waals surface area contributed by atoms with Crippen LogP contribution in [0.2, 0.25) is 10.0 Å². The molecular weight excluding hydrogens is 423 g/mol. The number of hydrogen-bond acceptors (Lipinski definition) is 4. The van der Waals surface area contributed by atoms with E-state index in [9.17, 15) is 20.1 Å². The molecule has 2 aromatic carbocycles. The van der Waals surface area contributed by atoms with E-state index in [4.69, 9.17) is 23.2 Å². The molecular formula is C22H16Cl2N4O2. The summed E-state index contributed by atoms with van der Waals surface area (Å²) in [4.78, 5) is 24.3. The Kier molecular flexibility index (Phi) is 8.65. The van der Waals surface area contributed by atoms with Gasteiger partial charge in [0.1, 0.15) is 23.3 Å². The van der Waals surface area contributed by atoms with Crippen molar-refractivity contribution < 1.29 is 9.59 Å². The Morgan fingerprint density at radius 2 is 1.07 bits per heavy atom. The number of halogens is 2. The lowest BCUT2D eigenvalue weighted by atomic mass is 10.1. The second-order valence-corrected chi connectivity index (χ2v) is 6.83. The Balaban J connectivity index is 1.88. The summed E-state index contributed by atoms with van der Waals surface area (Å²) in [5.41, 5.74) is 1.16. The topological polar surface area (TPSA) is 106 Å². The third-order valence-electron chi connectivity index (χ3n) is 3.79. The highest BCUT2D eigenvalue weighted by Gasteiger charge is 2.11. The van der Waals surface area contributed by atoms with Crippen LogP contribution in [0, 0.1) is 22.7 Å². The van der Waals surface area contributed by atoms with E-state index >= 15 is 0 Å². The third kappa shape index (κ3) is 7.10. The molecule has 0 heterocycles. The van der Waals surface area contributed by atoms with Crippen LogP contribution in [0.4, 0.5) is 0 Å². The maximum Gasteiger partial charge on any atom is 0.262 e. The van der Waals surface area contributed by atoms with Crippen molar-refractivity contribution in [3.63, 3.8) is 0 Å². The highest BCUT2D eigenvalue weighted by molar-refractivity contribution is 6.30. The molecule has 0 saturated carbocycles. The van der Waals surface area contributed by atoms with E-state index < -0.39 is 11.8 Å². The fraction of sp³-hybridized carbons (Fsp3) is 0.0909. The van der Waals surface area contributed by atoms with E-state index in [1.54, 1.807) is 48.5 Å². The molecule has 0 saturated heterocycles. The minimum atomic E-state index is -0.570. The summed E-state index contributed by atoms with van der Waals surface area (Å²) >= 11 is 11.6. The van der Waals surface area contributed by atoms with Crippen molar-refractivity contribution in [1.82, 2.24) is 10.6 Å². The van der Waals surface area contributed by atoms with E-state index in [1.165, 1.54) is 12.2 Å². The average Bonchev–Trinajstić information content (AvgIpc) is 2.75. The molecule has 2 aromatic rings. The van der Waals surface area contributed by atoms with Crippen LogP contribution in [0.15, 0.2) is 59.7 Å². The summed E-state index contributed by atoms with van der Waals surface area (Å²) in [5.74, 6) is -1.14. The first-order chi connectivity index (χ1) is 14.4. The van der Waals surface area contributed by atoms with Crippen LogP contribution in [-0.4, -0.2) is 24.9 Å². The van der Waals surface area contributed by atoms with Crippen molar-refractivity contribution in [2.75, 3.05) is 13.1 Å². The van der Waals surface area contributed by atoms with Gasteiger partial charge in [-0.15, -0.1) is 0 Å². The molecule has 150 valence electrons. The zero-order valence-corrected chi connectivity index (χ0v) is 17.2. The Labute approximate surface area is 184 Å². The molecule has 0 aliphatic carbocycles. The van der Waals surface area contributed by atoms with Crippen molar-refractivity contribution in [3.05, 3.63) is 80.8 Å². The van der Waals surface area contributed by atoms with Gasteiger partial charge in [0.15, 0.2) is 0 Å². The smallest absolute Gasteiger partial charge is 0.262 e. The number of nitrogens with one attached hydrogen (secondary N) is 2. The van der Waals surface area contributed by atoms with Crippen LogP contribution < -0.4 is 10.6 Å². The normalized spacial score (nSPS) is 11.2. The van der Waals surface area contributed by atoms with E-state index in [-0.39, 0.29) is 24.2 Å². The van der Waals surface area contributed by atoms with Gasteiger partial charge in [-0.1, -0.05) is 47.5 Å². The highest BCUT2D eigenvalue weighted by atomic mass is 35.5. The first kappa shape index (κ1) is 22.7. The second kappa shape index (κ2) is 11.4. The number of carbonyl (C=O) groups excluding carboxylic acids is 2. The Morgan fingerprint density at radius 3 is 1.37 bits per heavy atom. The quantitative estimate of drug-likeness (QED) is 0.390. The molecule has 2 amide bonds. The maximum absolute atomic E-state index is 12.1. The minimum absolute atomic E-state index is 0.0796. The molecule has 0 bridgehead atoms. The maximum atomic E-state index is 12.1. The number of hydrogen-bond donors (Lipinski definition) is 2.